The Labute approximate surface area is 187 Å². The lowest BCUT2D eigenvalue weighted by molar-refractivity contribution is 0.346. The first kappa shape index (κ1) is 22.5. The standard InChI is InChI=1S/C27H30N2OSi/c1-3-13-24(22-28)21-20-23(2)29-30-31(25-14-7-4-8-15-25,26-16-9-5-10-17-26)27-18-11-6-12-19-27/h4-12,14-19,24H,3,13,20-21H2,1-2H3. The molecule has 0 saturated heterocycles. The third kappa shape index (κ3) is 5.51. The van der Waals surface area contributed by atoms with Crippen LogP contribution in [0.15, 0.2) is 96.2 Å². The Kier molecular flexibility index (Phi) is 8.20. The van der Waals surface area contributed by atoms with Gasteiger partial charge in [-0.25, -0.2) is 0 Å². The van der Waals surface area contributed by atoms with Gasteiger partial charge < -0.3 is 4.53 Å². The topological polar surface area (TPSA) is 45.4 Å². The van der Waals surface area contributed by atoms with Crippen LogP contribution in [0.2, 0.25) is 0 Å². The Balaban J connectivity index is 2.01. The molecule has 0 aromatic heterocycles. The Morgan fingerprint density at radius 1 is 0.839 bits per heavy atom. The molecular weight excluding hydrogens is 396 g/mol. The van der Waals surface area contributed by atoms with Crippen LogP contribution in [-0.4, -0.2) is 14.0 Å². The zero-order chi connectivity index (χ0) is 21.9. The fourth-order valence-corrected chi connectivity index (χ4v) is 7.47. The fraction of sp³-hybridized carbons (Fsp3) is 0.259. The molecular formula is C27H30N2OSi. The molecule has 3 nitrogen and oxygen atoms in total. The lowest BCUT2D eigenvalue weighted by Gasteiger charge is -2.30. The summed E-state index contributed by atoms with van der Waals surface area (Å²) in [5.41, 5.74) is 0.927. The first-order valence-electron chi connectivity index (χ1n) is 11.0. The molecule has 3 rings (SSSR count). The summed E-state index contributed by atoms with van der Waals surface area (Å²) < 4.78 is 6.62. The van der Waals surface area contributed by atoms with E-state index in [2.05, 4.69) is 90.9 Å². The van der Waals surface area contributed by atoms with Gasteiger partial charge in [0.15, 0.2) is 0 Å². The quantitative estimate of drug-likeness (QED) is 0.203. The van der Waals surface area contributed by atoms with E-state index >= 15 is 0 Å². The van der Waals surface area contributed by atoms with E-state index in [4.69, 9.17) is 4.53 Å². The van der Waals surface area contributed by atoms with E-state index in [1.54, 1.807) is 0 Å². The summed E-state index contributed by atoms with van der Waals surface area (Å²) in [5.74, 6) is 0.0783. The molecule has 3 aromatic rings. The van der Waals surface area contributed by atoms with Crippen molar-refractivity contribution < 1.29 is 4.53 Å². The molecule has 0 heterocycles. The average Bonchev–Trinajstić information content (AvgIpc) is 2.84. The van der Waals surface area contributed by atoms with Crippen molar-refractivity contribution in [3.8, 4) is 6.07 Å². The molecule has 0 amide bonds. The molecule has 0 fully saturated rings. The maximum atomic E-state index is 9.36. The predicted molar refractivity (Wildman–Crippen MR) is 131 cm³/mol. The van der Waals surface area contributed by atoms with Crippen LogP contribution in [0.25, 0.3) is 0 Å². The van der Waals surface area contributed by atoms with Gasteiger partial charge in [0.1, 0.15) is 0 Å². The summed E-state index contributed by atoms with van der Waals surface area (Å²) in [6.45, 7) is 4.12. The number of hydrogen-bond donors (Lipinski definition) is 0. The van der Waals surface area contributed by atoms with Crippen molar-refractivity contribution >= 4 is 29.6 Å². The molecule has 0 N–H and O–H groups in total. The van der Waals surface area contributed by atoms with Crippen molar-refractivity contribution in [2.75, 3.05) is 0 Å². The number of hydrogen-bond acceptors (Lipinski definition) is 3. The van der Waals surface area contributed by atoms with Crippen molar-refractivity contribution in [1.82, 2.24) is 0 Å². The minimum Gasteiger partial charge on any atom is -0.438 e. The van der Waals surface area contributed by atoms with Crippen LogP contribution in [-0.2, 0) is 4.53 Å². The average molecular weight is 427 g/mol. The lowest BCUT2D eigenvalue weighted by Crippen LogP contribution is -2.68. The smallest absolute Gasteiger partial charge is 0.380 e. The van der Waals surface area contributed by atoms with Gasteiger partial charge in [0.2, 0.25) is 0 Å². The monoisotopic (exact) mass is 426 g/mol. The zero-order valence-electron chi connectivity index (χ0n) is 18.4. The van der Waals surface area contributed by atoms with E-state index in [-0.39, 0.29) is 5.92 Å². The molecule has 0 aliphatic heterocycles. The highest BCUT2D eigenvalue weighted by Crippen LogP contribution is 2.14. The van der Waals surface area contributed by atoms with E-state index in [1.807, 2.05) is 25.1 Å². The third-order valence-corrected chi connectivity index (χ3v) is 9.36. The second-order valence-corrected chi connectivity index (χ2v) is 11.1. The summed E-state index contributed by atoms with van der Waals surface area (Å²) in [6.07, 6.45) is 3.54. The maximum absolute atomic E-state index is 9.36. The highest BCUT2D eigenvalue weighted by molar-refractivity contribution is 7.07. The summed E-state index contributed by atoms with van der Waals surface area (Å²) in [7, 11) is -2.82. The SMILES string of the molecule is CCCC(C#N)CCC(C)=NO[Si](c1ccccc1)(c1ccccc1)c1ccccc1. The highest BCUT2D eigenvalue weighted by Gasteiger charge is 2.44. The summed E-state index contributed by atoms with van der Waals surface area (Å²) in [4.78, 5) is 0. The van der Waals surface area contributed by atoms with Crippen molar-refractivity contribution in [2.45, 2.75) is 39.5 Å². The number of rotatable bonds is 10. The van der Waals surface area contributed by atoms with Crippen molar-refractivity contribution in [1.29, 1.82) is 5.26 Å². The minimum atomic E-state index is -2.82. The van der Waals surface area contributed by atoms with Gasteiger partial charge in [-0.2, -0.15) is 5.26 Å². The molecule has 0 bridgehead atoms. The van der Waals surface area contributed by atoms with E-state index in [0.717, 1.165) is 47.0 Å². The van der Waals surface area contributed by atoms with Crippen molar-refractivity contribution in [3.63, 3.8) is 0 Å². The Bertz CT molecular complexity index is 901. The lowest BCUT2D eigenvalue weighted by atomic mass is 9.98. The van der Waals surface area contributed by atoms with E-state index in [1.165, 1.54) is 0 Å². The van der Waals surface area contributed by atoms with Crippen molar-refractivity contribution in [3.05, 3.63) is 91.0 Å². The molecule has 31 heavy (non-hydrogen) atoms. The van der Waals surface area contributed by atoms with Crippen LogP contribution in [0.4, 0.5) is 0 Å². The number of nitrogens with zero attached hydrogens (tertiary/aromatic N) is 2. The molecule has 0 aliphatic carbocycles. The minimum absolute atomic E-state index is 0.0783. The van der Waals surface area contributed by atoms with E-state index < -0.39 is 8.32 Å². The van der Waals surface area contributed by atoms with Crippen LogP contribution in [0.1, 0.15) is 39.5 Å². The van der Waals surface area contributed by atoms with Gasteiger partial charge in [0, 0.05) is 5.92 Å². The van der Waals surface area contributed by atoms with E-state index in [0.29, 0.717) is 0 Å². The Morgan fingerprint density at radius 2 is 1.29 bits per heavy atom. The van der Waals surface area contributed by atoms with Crippen LogP contribution in [0.3, 0.4) is 0 Å². The fourth-order valence-electron chi connectivity index (χ4n) is 3.87. The van der Waals surface area contributed by atoms with Gasteiger partial charge in [-0.15, -0.1) is 5.16 Å². The molecule has 0 radical (unpaired) electrons. The molecule has 0 aliphatic rings. The van der Waals surface area contributed by atoms with Gasteiger partial charge >= 0.3 is 8.32 Å². The van der Waals surface area contributed by atoms with Crippen molar-refractivity contribution in [2.24, 2.45) is 11.1 Å². The maximum Gasteiger partial charge on any atom is 0.380 e. The summed E-state index contributed by atoms with van der Waals surface area (Å²) >= 11 is 0. The van der Waals surface area contributed by atoms with Gasteiger partial charge in [0.25, 0.3) is 0 Å². The first-order chi connectivity index (χ1) is 15.2. The third-order valence-electron chi connectivity index (χ3n) is 5.55. The van der Waals surface area contributed by atoms with Gasteiger partial charge in [-0.3, -0.25) is 0 Å². The molecule has 0 spiro atoms. The van der Waals surface area contributed by atoms with Gasteiger partial charge in [-0.1, -0.05) is 104 Å². The zero-order valence-corrected chi connectivity index (χ0v) is 19.4. The van der Waals surface area contributed by atoms with Crippen LogP contribution in [0.5, 0.6) is 0 Å². The molecule has 1 atom stereocenters. The molecule has 4 heteroatoms. The molecule has 3 aromatic carbocycles. The number of benzene rings is 3. The second-order valence-electron chi connectivity index (χ2n) is 7.85. The number of oxime groups is 1. The summed E-state index contributed by atoms with van der Waals surface area (Å²) in [6, 6.07) is 33.7. The Hall–Kier alpha value is -3.16. The normalized spacial score (nSPS) is 12.7. The van der Waals surface area contributed by atoms with Crippen LogP contribution >= 0.6 is 0 Å². The van der Waals surface area contributed by atoms with Gasteiger partial charge in [0.05, 0.1) is 11.8 Å². The first-order valence-corrected chi connectivity index (χ1v) is 12.9. The van der Waals surface area contributed by atoms with Gasteiger partial charge in [-0.05, 0) is 41.7 Å². The van der Waals surface area contributed by atoms with Crippen LogP contribution < -0.4 is 15.6 Å². The molecule has 0 saturated carbocycles. The number of nitriles is 1. The predicted octanol–water partition coefficient (Wildman–Crippen LogP) is 4.77. The largest absolute Gasteiger partial charge is 0.438 e. The van der Waals surface area contributed by atoms with E-state index in [9.17, 15) is 5.26 Å². The summed E-state index contributed by atoms with van der Waals surface area (Å²) in [5, 5.41) is 17.5. The molecule has 158 valence electrons. The highest BCUT2D eigenvalue weighted by atomic mass is 28.4. The molecule has 1 unspecified atom stereocenters. The van der Waals surface area contributed by atoms with Crippen LogP contribution in [0, 0.1) is 17.2 Å². The Morgan fingerprint density at radius 3 is 1.68 bits per heavy atom. The second kappa shape index (κ2) is 11.3.